The average Bonchev–Trinajstić information content (AvgIpc) is 2.00. The van der Waals surface area contributed by atoms with Gasteiger partial charge in [0.05, 0.1) is 15.1 Å². The van der Waals surface area contributed by atoms with Crippen LogP contribution < -0.4 is 5.73 Å². The van der Waals surface area contributed by atoms with Crippen molar-refractivity contribution in [3.63, 3.8) is 0 Å². The summed E-state index contributed by atoms with van der Waals surface area (Å²) in [6, 6.07) is 0. The fraction of sp³-hybridized carbons (Fsp3) is 0.167. The summed E-state index contributed by atoms with van der Waals surface area (Å²) < 4.78 is 24.5. The van der Waals surface area contributed by atoms with Crippen molar-refractivity contribution in [1.29, 1.82) is 0 Å². The lowest BCUT2D eigenvalue weighted by atomic mass is 10.3. The molecule has 66 valence electrons. The maximum atomic E-state index is 12.2. The third-order valence-electron chi connectivity index (χ3n) is 1.25. The Labute approximate surface area is 80.9 Å². The summed E-state index contributed by atoms with van der Waals surface area (Å²) in [7, 11) is 0. The molecule has 0 aliphatic heterocycles. The molecule has 0 aromatic carbocycles. The van der Waals surface area contributed by atoms with Gasteiger partial charge in [0.1, 0.15) is 5.82 Å². The fourth-order valence-electron chi connectivity index (χ4n) is 0.644. The molecule has 0 spiro atoms. The topological polar surface area (TPSA) is 38.9 Å². The average molecular weight is 257 g/mol. The van der Waals surface area contributed by atoms with Gasteiger partial charge >= 0.3 is 0 Å². The van der Waals surface area contributed by atoms with E-state index in [-0.39, 0.29) is 20.9 Å². The molecule has 12 heavy (non-hydrogen) atoms. The van der Waals surface area contributed by atoms with Gasteiger partial charge in [-0.1, -0.05) is 11.6 Å². The van der Waals surface area contributed by atoms with Gasteiger partial charge in [0.2, 0.25) is 0 Å². The number of pyridine rings is 1. The monoisotopic (exact) mass is 256 g/mol. The Morgan fingerprint density at radius 1 is 1.58 bits per heavy atom. The first-order valence-electron chi connectivity index (χ1n) is 2.91. The minimum atomic E-state index is -2.64. The molecule has 1 heterocycles. The number of nitrogens with two attached hydrogens (primary N) is 1. The zero-order valence-electron chi connectivity index (χ0n) is 5.69. The summed E-state index contributed by atoms with van der Waals surface area (Å²) in [5.41, 5.74) is 4.98. The second-order valence-electron chi connectivity index (χ2n) is 2.03. The standard InChI is InChI=1S/C6H4BrClF2N2/c7-3-4(8)2(5(9)10)1-12-6(3)11/h1,5H,(H2,11,12). The second-order valence-corrected chi connectivity index (χ2v) is 3.20. The summed E-state index contributed by atoms with van der Waals surface area (Å²) in [4.78, 5) is 3.53. The molecule has 1 aromatic rings. The molecule has 0 radical (unpaired) electrons. The maximum Gasteiger partial charge on any atom is 0.266 e. The van der Waals surface area contributed by atoms with Gasteiger partial charge in [-0.05, 0) is 15.9 Å². The van der Waals surface area contributed by atoms with E-state index in [1.807, 2.05) is 0 Å². The highest BCUT2D eigenvalue weighted by Gasteiger charge is 2.16. The number of halogens is 4. The van der Waals surface area contributed by atoms with Crippen molar-refractivity contribution >= 4 is 33.3 Å². The molecule has 0 fully saturated rings. The van der Waals surface area contributed by atoms with Crippen molar-refractivity contribution in [1.82, 2.24) is 4.98 Å². The first-order chi connectivity index (χ1) is 5.54. The summed E-state index contributed by atoms with van der Waals surface area (Å²) in [6.07, 6.45) is -1.67. The van der Waals surface area contributed by atoms with Crippen LogP contribution in [0.3, 0.4) is 0 Å². The molecule has 0 unspecified atom stereocenters. The van der Waals surface area contributed by atoms with Crippen LogP contribution in [0, 0.1) is 0 Å². The van der Waals surface area contributed by atoms with E-state index >= 15 is 0 Å². The molecule has 6 heteroatoms. The lowest BCUT2D eigenvalue weighted by Crippen LogP contribution is -1.96. The van der Waals surface area contributed by atoms with Crippen molar-refractivity contribution < 1.29 is 8.78 Å². The Balaban J connectivity index is 3.27. The molecule has 2 nitrogen and oxygen atoms in total. The Hall–Kier alpha value is -0.420. The first kappa shape index (κ1) is 9.67. The van der Waals surface area contributed by atoms with Gasteiger partial charge in [-0.3, -0.25) is 0 Å². The predicted molar refractivity (Wildman–Crippen MR) is 46.3 cm³/mol. The van der Waals surface area contributed by atoms with Gasteiger partial charge in [0.25, 0.3) is 6.43 Å². The molecule has 0 atom stereocenters. The zero-order chi connectivity index (χ0) is 9.30. The molecular weight excluding hydrogens is 253 g/mol. The van der Waals surface area contributed by atoms with E-state index in [9.17, 15) is 8.78 Å². The molecular formula is C6H4BrClF2N2. The van der Waals surface area contributed by atoms with Gasteiger partial charge < -0.3 is 5.73 Å². The van der Waals surface area contributed by atoms with Crippen LogP contribution in [-0.2, 0) is 0 Å². The van der Waals surface area contributed by atoms with Crippen molar-refractivity contribution in [2.45, 2.75) is 6.43 Å². The highest BCUT2D eigenvalue weighted by atomic mass is 79.9. The number of nitrogens with zero attached hydrogens (tertiary/aromatic N) is 1. The molecule has 0 bridgehead atoms. The van der Waals surface area contributed by atoms with Crippen LogP contribution in [-0.4, -0.2) is 4.98 Å². The van der Waals surface area contributed by atoms with E-state index in [2.05, 4.69) is 20.9 Å². The molecule has 0 saturated heterocycles. The lowest BCUT2D eigenvalue weighted by molar-refractivity contribution is 0.151. The Kier molecular flexibility index (Phi) is 2.85. The van der Waals surface area contributed by atoms with E-state index in [1.165, 1.54) is 0 Å². The van der Waals surface area contributed by atoms with Crippen LogP contribution in [0.25, 0.3) is 0 Å². The number of rotatable bonds is 1. The molecule has 0 aliphatic carbocycles. The summed E-state index contributed by atoms with van der Waals surface area (Å²) in [6.45, 7) is 0. The summed E-state index contributed by atoms with van der Waals surface area (Å²) in [5, 5.41) is -0.0856. The maximum absolute atomic E-state index is 12.2. The van der Waals surface area contributed by atoms with Crippen molar-refractivity contribution in [3.8, 4) is 0 Å². The summed E-state index contributed by atoms with van der Waals surface area (Å²) in [5.74, 6) is 0.101. The number of nitrogen functional groups attached to an aromatic ring is 1. The number of anilines is 1. The highest BCUT2D eigenvalue weighted by Crippen LogP contribution is 2.34. The number of alkyl halides is 2. The van der Waals surface area contributed by atoms with E-state index in [0.717, 1.165) is 6.20 Å². The fourth-order valence-corrected chi connectivity index (χ4v) is 1.20. The molecule has 1 rings (SSSR count). The smallest absolute Gasteiger partial charge is 0.266 e. The Bertz CT molecular complexity index is 306. The minimum absolute atomic E-state index is 0.0856. The van der Waals surface area contributed by atoms with Crippen LogP contribution in [0.5, 0.6) is 0 Å². The number of hydrogen-bond donors (Lipinski definition) is 1. The molecule has 0 amide bonds. The number of hydrogen-bond acceptors (Lipinski definition) is 2. The minimum Gasteiger partial charge on any atom is -0.383 e. The summed E-state index contributed by atoms with van der Waals surface area (Å²) >= 11 is 8.49. The SMILES string of the molecule is Nc1ncc(C(F)F)c(Cl)c1Br. The first-order valence-corrected chi connectivity index (χ1v) is 4.08. The van der Waals surface area contributed by atoms with E-state index in [0.29, 0.717) is 0 Å². The third-order valence-corrected chi connectivity index (χ3v) is 2.69. The van der Waals surface area contributed by atoms with Crippen LogP contribution in [0.2, 0.25) is 5.02 Å². The second kappa shape index (κ2) is 3.53. The van der Waals surface area contributed by atoms with Gasteiger partial charge in [-0.2, -0.15) is 0 Å². The predicted octanol–water partition coefficient (Wildman–Crippen LogP) is 3.02. The van der Waals surface area contributed by atoms with Gasteiger partial charge in [0, 0.05) is 6.20 Å². The molecule has 0 aliphatic rings. The molecule has 2 N–H and O–H groups in total. The molecule has 1 aromatic heterocycles. The third kappa shape index (κ3) is 1.67. The molecule has 0 saturated carbocycles. The van der Waals surface area contributed by atoms with Crippen LogP contribution in [0.4, 0.5) is 14.6 Å². The van der Waals surface area contributed by atoms with Gasteiger partial charge in [0.15, 0.2) is 0 Å². The van der Waals surface area contributed by atoms with E-state index < -0.39 is 6.43 Å². The van der Waals surface area contributed by atoms with Gasteiger partial charge in [-0.15, -0.1) is 0 Å². The van der Waals surface area contributed by atoms with Crippen molar-refractivity contribution in [3.05, 3.63) is 21.3 Å². The lowest BCUT2D eigenvalue weighted by Gasteiger charge is -2.05. The van der Waals surface area contributed by atoms with Crippen LogP contribution in [0.1, 0.15) is 12.0 Å². The largest absolute Gasteiger partial charge is 0.383 e. The van der Waals surface area contributed by atoms with E-state index in [4.69, 9.17) is 17.3 Å². The van der Waals surface area contributed by atoms with Crippen LogP contribution in [0.15, 0.2) is 10.7 Å². The quantitative estimate of drug-likeness (QED) is 0.840. The van der Waals surface area contributed by atoms with Crippen LogP contribution >= 0.6 is 27.5 Å². The highest BCUT2D eigenvalue weighted by molar-refractivity contribution is 9.10. The van der Waals surface area contributed by atoms with Crippen molar-refractivity contribution in [2.75, 3.05) is 5.73 Å². The van der Waals surface area contributed by atoms with Crippen molar-refractivity contribution in [2.24, 2.45) is 0 Å². The van der Waals surface area contributed by atoms with E-state index in [1.54, 1.807) is 0 Å². The Morgan fingerprint density at radius 3 is 2.67 bits per heavy atom. The normalized spacial score (nSPS) is 10.8. The number of aromatic nitrogens is 1. The zero-order valence-corrected chi connectivity index (χ0v) is 8.03. The van der Waals surface area contributed by atoms with Gasteiger partial charge in [-0.25, -0.2) is 13.8 Å². The Morgan fingerprint density at radius 2 is 2.17 bits per heavy atom.